The summed E-state index contributed by atoms with van der Waals surface area (Å²) in [6.07, 6.45) is 0.267. The number of rotatable bonds is 2. The van der Waals surface area contributed by atoms with Gasteiger partial charge in [-0.15, -0.1) is 0 Å². The molecule has 0 aliphatic carbocycles. The zero-order chi connectivity index (χ0) is 13.3. The Balaban J connectivity index is 2.31. The largest absolute Gasteiger partial charge is 0.466 e. The Bertz CT molecular complexity index is 510. The average molecular weight is 288 g/mol. The summed E-state index contributed by atoms with van der Waals surface area (Å²) in [6.45, 7) is 1.61. The molecule has 0 saturated heterocycles. The number of oxime groups is 1. The minimum atomic E-state index is -1.12. The van der Waals surface area contributed by atoms with E-state index in [0.29, 0.717) is 21.3 Å². The Labute approximate surface area is 114 Å². The fraction of sp³-hybridized carbons (Fsp3) is 0.333. The molecule has 1 aromatic rings. The molecule has 96 valence electrons. The summed E-state index contributed by atoms with van der Waals surface area (Å²) in [5, 5.41) is 4.84. The van der Waals surface area contributed by atoms with E-state index in [1.807, 2.05) is 0 Å². The predicted molar refractivity (Wildman–Crippen MR) is 69.1 cm³/mol. The molecule has 0 saturated carbocycles. The maximum atomic E-state index is 11.6. The fourth-order valence-corrected chi connectivity index (χ4v) is 2.39. The third-order valence-electron chi connectivity index (χ3n) is 2.73. The smallest absolute Gasteiger partial charge is 0.353 e. The molecule has 0 N–H and O–H groups in total. The highest BCUT2D eigenvalue weighted by atomic mass is 35.5. The number of esters is 1. The first-order valence-electron chi connectivity index (χ1n) is 5.26. The van der Waals surface area contributed by atoms with Gasteiger partial charge in [0.1, 0.15) is 0 Å². The van der Waals surface area contributed by atoms with Crippen molar-refractivity contribution in [1.29, 1.82) is 0 Å². The molecule has 0 amide bonds. The van der Waals surface area contributed by atoms with Gasteiger partial charge >= 0.3 is 5.97 Å². The van der Waals surface area contributed by atoms with Crippen molar-refractivity contribution in [3.63, 3.8) is 0 Å². The lowest BCUT2D eigenvalue weighted by Crippen LogP contribution is -2.36. The Kier molecular flexibility index (Phi) is 3.50. The second-order valence-electron chi connectivity index (χ2n) is 4.13. The highest BCUT2D eigenvalue weighted by Gasteiger charge is 2.44. The molecule has 0 unspecified atom stereocenters. The lowest BCUT2D eigenvalue weighted by molar-refractivity contribution is -0.164. The average Bonchev–Trinajstić information content (AvgIpc) is 2.72. The van der Waals surface area contributed by atoms with Crippen molar-refractivity contribution in [3.8, 4) is 0 Å². The van der Waals surface area contributed by atoms with Gasteiger partial charge in [-0.3, -0.25) is 0 Å². The third kappa shape index (κ3) is 2.18. The van der Waals surface area contributed by atoms with E-state index in [4.69, 9.17) is 28.0 Å². The summed E-state index contributed by atoms with van der Waals surface area (Å²) < 4.78 is 4.68. The van der Waals surface area contributed by atoms with Crippen molar-refractivity contribution in [2.24, 2.45) is 5.16 Å². The Morgan fingerprint density at radius 3 is 2.61 bits per heavy atom. The summed E-state index contributed by atoms with van der Waals surface area (Å²) in [6, 6.07) is 5.15. The van der Waals surface area contributed by atoms with E-state index in [9.17, 15) is 4.79 Å². The van der Waals surface area contributed by atoms with E-state index >= 15 is 0 Å². The van der Waals surface area contributed by atoms with Crippen LogP contribution in [-0.4, -0.2) is 24.4 Å². The molecule has 6 heteroatoms. The van der Waals surface area contributed by atoms with E-state index < -0.39 is 11.6 Å². The third-order valence-corrected chi connectivity index (χ3v) is 3.36. The van der Waals surface area contributed by atoms with Crippen LogP contribution in [0.4, 0.5) is 0 Å². The first-order chi connectivity index (χ1) is 8.48. The second-order valence-corrected chi connectivity index (χ2v) is 4.94. The molecule has 0 bridgehead atoms. The Morgan fingerprint density at radius 2 is 2.06 bits per heavy atom. The fourth-order valence-electron chi connectivity index (χ4n) is 1.77. The van der Waals surface area contributed by atoms with Crippen LogP contribution in [0.5, 0.6) is 0 Å². The molecular weight excluding hydrogens is 277 g/mol. The SMILES string of the molecule is COC(=O)[C@@]1(C)CC(c2c(Cl)cccc2Cl)=NO1. The summed E-state index contributed by atoms with van der Waals surface area (Å²) in [4.78, 5) is 16.8. The molecule has 0 aromatic heterocycles. The van der Waals surface area contributed by atoms with Gasteiger partial charge in [-0.2, -0.15) is 0 Å². The van der Waals surface area contributed by atoms with E-state index in [1.54, 1.807) is 25.1 Å². The highest BCUT2D eigenvalue weighted by molar-refractivity contribution is 6.40. The van der Waals surface area contributed by atoms with Gasteiger partial charge in [-0.05, 0) is 19.1 Å². The minimum Gasteiger partial charge on any atom is -0.466 e. The molecule has 0 radical (unpaired) electrons. The summed E-state index contributed by atoms with van der Waals surface area (Å²) in [7, 11) is 1.30. The predicted octanol–water partition coefficient (Wildman–Crippen LogP) is 3.05. The molecule has 1 atom stereocenters. The molecule has 2 rings (SSSR count). The lowest BCUT2D eigenvalue weighted by atomic mass is 9.96. The van der Waals surface area contributed by atoms with Gasteiger partial charge in [-0.1, -0.05) is 34.4 Å². The second kappa shape index (κ2) is 4.78. The van der Waals surface area contributed by atoms with Crippen molar-refractivity contribution in [3.05, 3.63) is 33.8 Å². The van der Waals surface area contributed by atoms with E-state index in [1.165, 1.54) is 7.11 Å². The molecule has 18 heavy (non-hydrogen) atoms. The lowest BCUT2D eigenvalue weighted by Gasteiger charge is -2.17. The maximum Gasteiger partial charge on any atom is 0.353 e. The Hall–Kier alpha value is -1.26. The quantitative estimate of drug-likeness (QED) is 0.786. The number of carbonyl (C=O) groups is 1. The van der Waals surface area contributed by atoms with Crippen LogP contribution < -0.4 is 0 Å². The van der Waals surface area contributed by atoms with Crippen LogP contribution in [0.15, 0.2) is 23.4 Å². The number of hydrogen-bond donors (Lipinski definition) is 0. The molecular formula is C12H11Cl2NO3. The number of halogens is 2. The first-order valence-corrected chi connectivity index (χ1v) is 6.01. The summed E-state index contributed by atoms with van der Waals surface area (Å²) >= 11 is 12.2. The first kappa shape index (κ1) is 13.2. The van der Waals surface area contributed by atoms with Crippen molar-refractivity contribution in [2.45, 2.75) is 18.9 Å². The maximum absolute atomic E-state index is 11.6. The molecule has 0 fully saturated rings. The van der Waals surface area contributed by atoms with Crippen LogP contribution in [0.25, 0.3) is 0 Å². The van der Waals surface area contributed by atoms with Gasteiger partial charge in [0.05, 0.1) is 22.9 Å². The normalized spacial score (nSPS) is 22.3. The van der Waals surface area contributed by atoms with Crippen LogP contribution in [0, 0.1) is 0 Å². The number of carbonyl (C=O) groups excluding carboxylic acids is 1. The van der Waals surface area contributed by atoms with E-state index in [-0.39, 0.29) is 6.42 Å². The highest BCUT2D eigenvalue weighted by Crippen LogP contribution is 2.33. The van der Waals surface area contributed by atoms with Gasteiger partial charge in [0.2, 0.25) is 5.60 Å². The van der Waals surface area contributed by atoms with Gasteiger partial charge in [-0.25, -0.2) is 4.79 Å². The van der Waals surface area contributed by atoms with Crippen LogP contribution >= 0.6 is 23.2 Å². The number of ether oxygens (including phenoxy) is 1. The monoisotopic (exact) mass is 287 g/mol. The number of hydrogen-bond acceptors (Lipinski definition) is 4. The van der Waals surface area contributed by atoms with Crippen molar-refractivity contribution < 1.29 is 14.4 Å². The molecule has 0 spiro atoms. The zero-order valence-electron chi connectivity index (χ0n) is 9.87. The van der Waals surface area contributed by atoms with Crippen molar-refractivity contribution >= 4 is 34.9 Å². The van der Waals surface area contributed by atoms with Crippen molar-refractivity contribution in [2.75, 3.05) is 7.11 Å². The van der Waals surface area contributed by atoms with Crippen LogP contribution in [0.3, 0.4) is 0 Å². The number of nitrogens with zero attached hydrogens (tertiary/aromatic N) is 1. The van der Waals surface area contributed by atoms with Crippen molar-refractivity contribution in [1.82, 2.24) is 0 Å². The van der Waals surface area contributed by atoms with Gasteiger partial charge in [0, 0.05) is 12.0 Å². The molecule has 1 aromatic carbocycles. The van der Waals surface area contributed by atoms with Gasteiger partial charge in [0.25, 0.3) is 0 Å². The molecule has 1 heterocycles. The van der Waals surface area contributed by atoms with E-state index in [2.05, 4.69) is 9.89 Å². The van der Waals surface area contributed by atoms with Gasteiger partial charge in [0.15, 0.2) is 0 Å². The summed E-state index contributed by atoms with van der Waals surface area (Å²) in [5.74, 6) is -0.482. The number of benzene rings is 1. The number of methoxy groups -OCH3 is 1. The zero-order valence-corrected chi connectivity index (χ0v) is 11.4. The summed E-state index contributed by atoms with van der Waals surface area (Å²) in [5.41, 5.74) is 0.0130. The van der Waals surface area contributed by atoms with Crippen LogP contribution in [0.1, 0.15) is 18.9 Å². The van der Waals surface area contributed by atoms with Gasteiger partial charge < -0.3 is 9.57 Å². The molecule has 4 nitrogen and oxygen atoms in total. The molecule has 1 aliphatic heterocycles. The Morgan fingerprint density at radius 1 is 1.44 bits per heavy atom. The minimum absolute atomic E-state index is 0.267. The molecule has 1 aliphatic rings. The van der Waals surface area contributed by atoms with Crippen LogP contribution in [-0.2, 0) is 14.4 Å². The standard InChI is InChI=1S/C12H11Cl2NO3/c1-12(11(16)17-2)6-9(15-18-12)10-7(13)4-3-5-8(10)14/h3-5H,6H2,1-2H3/t12-/m1/s1. The van der Waals surface area contributed by atoms with Crippen LogP contribution in [0.2, 0.25) is 10.0 Å². The van der Waals surface area contributed by atoms with E-state index in [0.717, 1.165) is 0 Å². The topological polar surface area (TPSA) is 47.9 Å².